The van der Waals surface area contributed by atoms with E-state index in [1.807, 2.05) is 18.2 Å². The van der Waals surface area contributed by atoms with Crippen molar-refractivity contribution in [2.24, 2.45) is 0 Å². The van der Waals surface area contributed by atoms with Crippen molar-refractivity contribution in [1.82, 2.24) is 4.90 Å². The van der Waals surface area contributed by atoms with Crippen molar-refractivity contribution in [3.05, 3.63) is 58.1 Å². The summed E-state index contributed by atoms with van der Waals surface area (Å²) in [6, 6.07) is 12.2. The van der Waals surface area contributed by atoms with Gasteiger partial charge in [0.25, 0.3) is 0 Å². The third kappa shape index (κ3) is 4.06. The van der Waals surface area contributed by atoms with Gasteiger partial charge < -0.3 is 15.0 Å². The Balaban J connectivity index is 2.04. The van der Waals surface area contributed by atoms with Crippen LogP contribution in [0.25, 0.3) is 0 Å². The summed E-state index contributed by atoms with van der Waals surface area (Å²) >= 11 is 12.2. The predicted molar refractivity (Wildman–Crippen MR) is 89.9 cm³/mol. The lowest BCUT2D eigenvalue weighted by Gasteiger charge is -2.19. The third-order valence-electron chi connectivity index (χ3n) is 3.13. The number of anilines is 1. The Morgan fingerprint density at radius 2 is 1.91 bits per heavy atom. The molecule has 1 N–H and O–H groups in total. The van der Waals surface area contributed by atoms with Gasteiger partial charge in [-0.15, -0.1) is 0 Å². The monoisotopic (exact) mass is 338 g/mol. The number of nitrogens with zero attached hydrogens (tertiary/aromatic N) is 1. The zero-order valence-corrected chi connectivity index (χ0v) is 13.8. The van der Waals surface area contributed by atoms with Gasteiger partial charge in [-0.3, -0.25) is 0 Å². The number of nitrogens with one attached hydrogen (secondary N) is 1. The molecule has 0 fully saturated rings. The second-order valence-corrected chi connectivity index (χ2v) is 5.54. The number of hydrogen-bond acceptors (Lipinski definition) is 2. The smallest absolute Gasteiger partial charge is 0.321 e. The zero-order chi connectivity index (χ0) is 16.1. The van der Waals surface area contributed by atoms with Crippen LogP contribution in [-0.4, -0.2) is 25.1 Å². The quantitative estimate of drug-likeness (QED) is 0.880. The minimum atomic E-state index is -0.271. The lowest BCUT2D eigenvalue weighted by Crippen LogP contribution is -2.31. The molecule has 0 spiro atoms. The third-order valence-corrected chi connectivity index (χ3v) is 3.81. The minimum Gasteiger partial charge on any atom is -0.497 e. The number of hydrogen-bond donors (Lipinski definition) is 1. The Bertz CT molecular complexity index is 677. The second-order valence-electron chi connectivity index (χ2n) is 4.72. The van der Waals surface area contributed by atoms with Crippen LogP contribution in [0.1, 0.15) is 5.56 Å². The van der Waals surface area contributed by atoms with Crippen molar-refractivity contribution in [2.75, 3.05) is 19.5 Å². The Morgan fingerprint density at radius 3 is 2.55 bits per heavy atom. The highest BCUT2D eigenvalue weighted by Crippen LogP contribution is 2.27. The summed E-state index contributed by atoms with van der Waals surface area (Å²) in [4.78, 5) is 13.7. The van der Waals surface area contributed by atoms with Gasteiger partial charge in [0.15, 0.2) is 0 Å². The molecule has 0 saturated carbocycles. The molecule has 0 unspecified atom stereocenters. The summed E-state index contributed by atoms with van der Waals surface area (Å²) in [6.45, 7) is 0.402. The summed E-state index contributed by atoms with van der Waals surface area (Å²) in [5.41, 5.74) is 1.40. The van der Waals surface area contributed by atoms with E-state index in [4.69, 9.17) is 27.9 Å². The van der Waals surface area contributed by atoms with Gasteiger partial charge >= 0.3 is 6.03 Å². The summed E-state index contributed by atoms with van der Waals surface area (Å²) in [5, 5.41) is 3.80. The normalized spacial score (nSPS) is 10.2. The fourth-order valence-corrected chi connectivity index (χ4v) is 2.30. The standard InChI is InChI=1S/C16H16Cl2N2O2/c1-20(10-11-5-3-4-6-13(11)17)16(21)19-15-8-7-12(22-2)9-14(15)18/h3-9H,10H2,1-2H3,(H,19,21). The Morgan fingerprint density at radius 1 is 1.18 bits per heavy atom. The Hall–Kier alpha value is -1.91. The molecule has 2 rings (SSSR count). The maximum Gasteiger partial charge on any atom is 0.321 e. The van der Waals surface area contributed by atoms with Gasteiger partial charge in [-0.2, -0.15) is 0 Å². The maximum atomic E-state index is 12.2. The first kappa shape index (κ1) is 16.5. The number of benzene rings is 2. The average Bonchev–Trinajstić information content (AvgIpc) is 2.51. The first-order chi connectivity index (χ1) is 10.5. The van der Waals surface area contributed by atoms with Gasteiger partial charge in [0.2, 0.25) is 0 Å². The first-order valence-corrected chi connectivity index (χ1v) is 7.36. The molecule has 2 aromatic carbocycles. The van der Waals surface area contributed by atoms with Gasteiger partial charge in [0.05, 0.1) is 17.8 Å². The van der Waals surface area contributed by atoms with Crippen LogP contribution in [0.4, 0.5) is 10.5 Å². The van der Waals surface area contributed by atoms with Gasteiger partial charge in [0.1, 0.15) is 5.75 Å². The highest BCUT2D eigenvalue weighted by molar-refractivity contribution is 6.33. The molecule has 0 atom stereocenters. The van der Waals surface area contributed by atoms with Gasteiger partial charge in [-0.05, 0) is 23.8 Å². The van der Waals surface area contributed by atoms with E-state index in [1.54, 1.807) is 38.4 Å². The molecular weight excluding hydrogens is 323 g/mol. The van der Waals surface area contributed by atoms with Gasteiger partial charge in [0, 0.05) is 24.7 Å². The highest BCUT2D eigenvalue weighted by atomic mass is 35.5. The van der Waals surface area contributed by atoms with Crippen LogP contribution in [0, 0.1) is 0 Å². The molecule has 0 bridgehead atoms. The van der Waals surface area contributed by atoms with E-state index < -0.39 is 0 Å². The van der Waals surface area contributed by atoms with Crippen molar-refractivity contribution < 1.29 is 9.53 Å². The van der Waals surface area contributed by atoms with Crippen LogP contribution in [0.2, 0.25) is 10.0 Å². The Labute approximate surface area is 139 Å². The van der Waals surface area contributed by atoms with Crippen LogP contribution >= 0.6 is 23.2 Å². The zero-order valence-electron chi connectivity index (χ0n) is 12.3. The molecular formula is C16H16Cl2N2O2. The molecule has 116 valence electrons. The summed E-state index contributed by atoms with van der Waals surface area (Å²) in [6.07, 6.45) is 0. The molecule has 0 radical (unpaired) electrons. The molecule has 2 aromatic rings. The number of carbonyl (C=O) groups excluding carboxylic acids is 1. The SMILES string of the molecule is COc1ccc(NC(=O)N(C)Cc2ccccc2Cl)c(Cl)c1. The van der Waals surface area contributed by atoms with E-state index in [2.05, 4.69) is 5.32 Å². The van der Waals surface area contributed by atoms with E-state index in [1.165, 1.54) is 4.90 Å². The molecule has 4 nitrogen and oxygen atoms in total. The predicted octanol–water partition coefficient (Wildman–Crippen LogP) is 4.67. The van der Waals surface area contributed by atoms with Crippen LogP contribution < -0.4 is 10.1 Å². The lowest BCUT2D eigenvalue weighted by atomic mass is 10.2. The minimum absolute atomic E-state index is 0.271. The summed E-state index contributed by atoms with van der Waals surface area (Å²) in [5.74, 6) is 0.632. The van der Waals surface area contributed by atoms with E-state index in [0.29, 0.717) is 28.0 Å². The molecule has 22 heavy (non-hydrogen) atoms. The van der Waals surface area contributed by atoms with Gasteiger partial charge in [-0.25, -0.2) is 4.79 Å². The van der Waals surface area contributed by atoms with Crippen molar-refractivity contribution in [1.29, 1.82) is 0 Å². The number of halogens is 2. The molecule has 0 aliphatic rings. The lowest BCUT2D eigenvalue weighted by molar-refractivity contribution is 0.220. The number of amides is 2. The molecule has 6 heteroatoms. The number of carbonyl (C=O) groups is 1. The number of methoxy groups -OCH3 is 1. The molecule has 2 amide bonds. The van der Waals surface area contributed by atoms with Gasteiger partial charge in [-0.1, -0.05) is 41.4 Å². The maximum absolute atomic E-state index is 12.2. The van der Waals surface area contributed by atoms with Crippen molar-refractivity contribution in [2.45, 2.75) is 6.54 Å². The van der Waals surface area contributed by atoms with E-state index >= 15 is 0 Å². The van der Waals surface area contributed by atoms with E-state index in [9.17, 15) is 4.79 Å². The van der Waals surface area contributed by atoms with E-state index in [-0.39, 0.29) is 6.03 Å². The van der Waals surface area contributed by atoms with Crippen molar-refractivity contribution in [3.8, 4) is 5.75 Å². The second kappa shape index (κ2) is 7.38. The summed E-state index contributed by atoms with van der Waals surface area (Å²) < 4.78 is 5.07. The fraction of sp³-hybridized carbons (Fsp3) is 0.188. The number of rotatable bonds is 4. The van der Waals surface area contributed by atoms with Crippen LogP contribution in [0.3, 0.4) is 0 Å². The molecule has 0 saturated heterocycles. The van der Waals surface area contributed by atoms with E-state index in [0.717, 1.165) is 5.56 Å². The molecule has 0 aliphatic heterocycles. The van der Waals surface area contributed by atoms with Crippen LogP contribution in [0.15, 0.2) is 42.5 Å². The van der Waals surface area contributed by atoms with Crippen molar-refractivity contribution in [3.63, 3.8) is 0 Å². The van der Waals surface area contributed by atoms with Crippen LogP contribution in [0.5, 0.6) is 5.75 Å². The molecule has 0 heterocycles. The Kier molecular flexibility index (Phi) is 5.52. The average molecular weight is 339 g/mol. The molecule has 0 aromatic heterocycles. The topological polar surface area (TPSA) is 41.6 Å². The largest absolute Gasteiger partial charge is 0.497 e. The van der Waals surface area contributed by atoms with Crippen molar-refractivity contribution >= 4 is 34.9 Å². The number of ether oxygens (including phenoxy) is 1. The first-order valence-electron chi connectivity index (χ1n) is 6.60. The summed E-state index contributed by atoms with van der Waals surface area (Å²) in [7, 11) is 3.25. The number of urea groups is 1. The van der Waals surface area contributed by atoms with Crippen LogP contribution in [-0.2, 0) is 6.54 Å². The molecule has 0 aliphatic carbocycles. The fourth-order valence-electron chi connectivity index (χ4n) is 1.89. The highest BCUT2D eigenvalue weighted by Gasteiger charge is 2.13.